The van der Waals surface area contributed by atoms with E-state index < -0.39 is 0 Å². The molecule has 0 bridgehead atoms. The van der Waals surface area contributed by atoms with E-state index in [1.165, 1.54) is 0 Å². The quantitative estimate of drug-likeness (QED) is 0.497. The van der Waals surface area contributed by atoms with Gasteiger partial charge in [0.2, 0.25) is 0 Å². The van der Waals surface area contributed by atoms with Crippen molar-refractivity contribution in [3.05, 3.63) is 29.0 Å². The van der Waals surface area contributed by atoms with Crippen molar-refractivity contribution >= 4 is 17.6 Å². The minimum atomic E-state index is 0.490. The van der Waals surface area contributed by atoms with Gasteiger partial charge in [-0.15, -0.1) is 0 Å². The van der Waals surface area contributed by atoms with Crippen LogP contribution in [-0.4, -0.2) is 28.9 Å². The van der Waals surface area contributed by atoms with Crippen molar-refractivity contribution in [3.8, 4) is 0 Å². The van der Waals surface area contributed by atoms with Crippen LogP contribution in [0.3, 0.4) is 0 Å². The van der Waals surface area contributed by atoms with Gasteiger partial charge in [0.05, 0.1) is 6.54 Å². The van der Waals surface area contributed by atoms with Gasteiger partial charge in [0.15, 0.2) is 5.96 Å². The summed E-state index contributed by atoms with van der Waals surface area (Å²) >= 11 is 5.69. The predicted molar refractivity (Wildman–Crippen MR) is 67.5 cm³/mol. The Labute approximate surface area is 101 Å². The van der Waals surface area contributed by atoms with Gasteiger partial charge in [0.25, 0.3) is 0 Å². The third-order valence-electron chi connectivity index (χ3n) is 2.30. The second-order valence-electron chi connectivity index (χ2n) is 3.34. The van der Waals surface area contributed by atoms with Gasteiger partial charge >= 0.3 is 0 Å². The van der Waals surface area contributed by atoms with Crippen molar-refractivity contribution in [2.24, 2.45) is 10.7 Å². The second-order valence-corrected chi connectivity index (χ2v) is 3.72. The normalized spacial score (nSPS) is 11.6. The fourth-order valence-electron chi connectivity index (χ4n) is 1.32. The topological polar surface area (TPSA) is 54.5 Å². The Bertz CT molecular complexity index is 344. The molecule has 1 heterocycles. The molecule has 0 saturated heterocycles. The number of nitrogens with two attached hydrogens (primary N) is 1. The van der Waals surface area contributed by atoms with E-state index >= 15 is 0 Å². The molecule has 5 heteroatoms. The molecule has 1 rings (SSSR count). The number of rotatable bonds is 4. The third kappa shape index (κ3) is 3.70. The van der Waals surface area contributed by atoms with Crippen LogP contribution in [0.5, 0.6) is 0 Å². The zero-order valence-corrected chi connectivity index (χ0v) is 10.4. The van der Waals surface area contributed by atoms with Crippen LogP contribution in [0.15, 0.2) is 23.3 Å². The molecule has 1 aromatic heterocycles. The van der Waals surface area contributed by atoms with Gasteiger partial charge in [-0.05, 0) is 25.5 Å². The van der Waals surface area contributed by atoms with Crippen LogP contribution in [0.25, 0.3) is 0 Å². The van der Waals surface area contributed by atoms with Crippen molar-refractivity contribution in [3.63, 3.8) is 0 Å². The Morgan fingerprint density at radius 1 is 1.44 bits per heavy atom. The molecule has 0 aliphatic carbocycles. The van der Waals surface area contributed by atoms with Crippen molar-refractivity contribution < 1.29 is 0 Å². The summed E-state index contributed by atoms with van der Waals surface area (Å²) in [4.78, 5) is 10.3. The monoisotopic (exact) mass is 240 g/mol. The molecule has 0 amide bonds. The zero-order chi connectivity index (χ0) is 12.0. The van der Waals surface area contributed by atoms with Gasteiger partial charge in [-0.25, -0.2) is 9.98 Å². The number of hydrogen-bond acceptors (Lipinski definition) is 2. The average Bonchev–Trinajstić information content (AvgIpc) is 2.30. The highest BCUT2D eigenvalue weighted by atomic mass is 35.5. The smallest absolute Gasteiger partial charge is 0.191 e. The molecule has 4 nitrogen and oxygen atoms in total. The lowest BCUT2D eigenvalue weighted by Gasteiger charge is -2.19. The van der Waals surface area contributed by atoms with E-state index in [1.807, 2.05) is 11.0 Å². The third-order valence-corrected chi connectivity index (χ3v) is 2.52. The second kappa shape index (κ2) is 6.33. The summed E-state index contributed by atoms with van der Waals surface area (Å²) in [5, 5.41) is 0.490. The summed E-state index contributed by atoms with van der Waals surface area (Å²) in [6, 6.07) is 3.65. The molecular formula is C11H17ClN4. The van der Waals surface area contributed by atoms with Crippen LogP contribution in [-0.2, 0) is 6.54 Å². The summed E-state index contributed by atoms with van der Waals surface area (Å²) in [6.45, 7) is 6.37. The average molecular weight is 241 g/mol. The number of halogens is 1. The molecule has 0 aliphatic rings. The summed E-state index contributed by atoms with van der Waals surface area (Å²) in [5.41, 5.74) is 6.85. The molecule has 0 unspecified atom stereocenters. The van der Waals surface area contributed by atoms with Gasteiger partial charge in [-0.1, -0.05) is 17.7 Å². The Hall–Kier alpha value is -1.29. The minimum Gasteiger partial charge on any atom is -0.370 e. The fourth-order valence-corrected chi connectivity index (χ4v) is 1.43. The highest BCUT2D eigenvalue weighted by Crippen LogP contribution is 2.06. The highest BCUT2D eigenvalue weighted by Gasteiger charge is 2.01. The van der Waals surface area contributed by atoms with Gasteiger partial charge in [-0.2, -0.15) is 0 Å². The number of aromatic nitrogens is 1. The lowest BCUT2D eigenvalue weighted by molar-refractivity contribution is 0.458. The Balaban J connectivity index is 2.61. The van der Waals surface area contributed by atoms with E-state index in [2.05, 4.69) is 23.8 Å². The van der Waals surface area contributed by atoms with Crippen molar-refractivity contribution in [2.75, 3.05) is 13.1 Å². The molecule has 0 atom stereocenters. The summed E-state index contributed by atoms with van der Waals surface area (Å²) in [6.07, 6.45) is 1.71. The van der Waals surface area contributed by atoms with Crippen molar-refractivity contribution in [1.82, 2.24) is 9.88 Å². The first-order valence-corrected chi connectivity index (χ1v) is 5.70. The van der Waals surface area contributed by atoms with Gasteiger partial charge in [0, 0.05) is 19.3 Å². The Morgan fingerprint density at radius 3 is 2.62 bits per heavy atom. The maximum Gasteiger partial charge on any atom is 0.191 e. The maximum atomic E-state index is 5.85. The Kier molecular flexibility index (Phi) is 5.05. The predicted octanol–water partition coefficient (Wildman–Crippen LogP) is 1.89. The molecule has 0 aliphatic heterocycles. The Morgan fingerprint density at radius 2 is 2.12 bits per heavy atom. The number of guanidine groups is 1. The molecule has 0 radical (unpaired) electrons. The van der Waals surface area contributed by atoms with E-state index in [1.54, 1.807) is 12.3 Å². The van der Waals surface area contributed by atoms with E-state index in [0.717, 1.165) is 18.7 Å². The molecule has 88 valence electrons. The summed E-state index contributed by atoms with van der Waals surface area (Å²) in [5.74, 6) is 0.569. The first-order valence-electron chi connectivity index (χ1n) is 5.32. The minimum absolute atomic E-state index is 0.490. The molecular weight excluding hydrogens is 224 g/mol. The van der Waals surface area contributed by atoms with Crippen LogP contribution in [0, 0.1) is 0 Å². The van der Waals surface area contributed by atoms with Crippen LogP contribution in [0.2, 0.25) is 5.15 Å². The standard InChI is InChI=1S/C11H17ClN4/c1-3-16(4-2)11(13)15-8-9-5-6-10(12)14-7-9/h5-7H,3-4,8H2,1-2H3,(H2,13,15). The number of hydrogen-bond donors (Lipinski definition) is 1. The molecule has 2 N–H and O–H groups in total. The molecule has 16 heavy (non-hydrogen) atoms. The summed E-state index contributed by atoms with van der Waals surface area (Å²) < 4.78 is 0. The van der Waals surface area contributed by atoms with E-state index in [4.69, 9.17) is 17.3 Å². The van der Waals surface area contributed by atoms with Gasteiger partial charge in [0.1, 0.15) is 5.15 Å². The number of aliphatic imine (C=N–C) groups is 1. The van der Waals surface area contributed by atoms with Gasteiger partial charge in [-0.3, -0.25) is 0 Å². The van der Waals surface area contributed by atoms with E-state index in [-0.39, 0.29) is 0 Å². The lowest BCUT2D eigenvalue weighted by Crippen LogP contribution is -2.37. The van der Waals surface area contributed by atoms with E-state index in [9.17, 15) is 0 Å². The first kappa shape index (κ1) is 12.8. The molecule has 0 fully saturated rings. The highest BCUT2D eigenvalue weighted by molar-refractivity contribution is 6.29. The lowest BCUT2D eigenvalue weighted by atomic mass is 10.3. The van der Waals surface area contributed by atoms with Gasteiger partial charge < -0.3 is 10.6 Å². The van der Waals surface area contributed by atoms with Crippen molar-refractivity contribution in [2.45, 2.75) is 20.4 Å². The van der Waals surface area contributed by atoms with Crippen LogP contribution >= 0.6 is 11.6 Å². The fraction of sp³-hybridized carbons (Fsp3) is 0.455. The molecule has 0 spiro atoms. The molecule has 1 aromatic rings. The first-order chi connectivity index (χ1) is 7.67. The molecule has 0 aromatic carbocycles. The van der Waals surface area contributed by atoms with Crippen LogP contribution in [0.1, 0.15) is 19.4 Å². The van der Waals surface area contributed by atoms with Crippen LogP contribution in [0.4, 0.5) is 0 Å². The summed E-state index contributed by atoms with van der Waals surface area (Å²) in [7, 11) is 0. The number of nitrogens with zero attached hydrogens (tertiary/aromatic N) is 3. The SMILES string of the molecule is CCN(CC)C(N)=NCc1ccc(Cl)nc1. The zero-order valence-electron chi connectivity index (χ0n) is 9.65. The maximum absolute atomic E-state index is 5.85. The van der Waals surface area contributed by atoms with E-state index in [0.29, 0.717) is 17.7 Å². The number of pyridine rings is 1. The van der Waals surface area contributed by atoms with Crippen LogP contribution < -0.4 is 5.73 Å². The van der Waals surface area contributed by atoms with Crippen molar-refractivity contribution in [1.29, 1.82) is 0 Å². The largest absolute Gasteiger partial charge is 0.370 e. The molecule has 0 saturated carbocycles.